The highest BCUT2D eigenvalue weighted by Gasteiger charge is 2.14. The lowest BCUT2D eigenvalue weighted by molar-refractivity contribution is -0.136. The Morgan fingerprint density at radius 2 is 1.72 bits per heavy atom. The molecular formula is C18H17Cl2N3O2. The van der Waals surface area contributed by atoms with E-state index in [1.807, 2.05) is 26.0 Å². The summed E-state index contributed by atoms with van der Waals surface area (Å²) in [6.45, 7) is 3.80. The molecule has 5 nitrogen and oxygen atoms in total. The van der Waals surface area contributed by atoms with Crippen LogP contribution in [0.2, 0.25) is 10.0 Å². The summed E-state index contributed by atoms with van der Waals surface area (Å²) in [5.74, 6) is -1.66. The minimum atomic E-state index is -0.864. The van der Waals surface area contributed by atoms with Crippen LogP contribution in [0.15, 0.2) is 47.6 Å². The number of anilines is 1. The molecule has 2 N–H and O–H groups in total. The summed E-state index contributed by atoms with van der Waals surface area (Å²) in [7, 11) is 0. The minimum Gasteiger partial charge on any atom is -0.318 e. The molecule has 0 fully saturated rings. The van der Waals surface area contributed by atoms with E-state index in [0.717, 1.165) is 5.56 Å². The average molecular weight is 378 g/mol. The molecule has 0 unspecified atom stereocenters. The Morgan fingerprint density at radius 3 is 2.32 bits per heavy atom. The summed E-state index contributed by atoms with van der Waals surface area (Å²) < 4.78 is 0. The number of nitrogens with zero attached hydrogens (tertiary/aromatic N) is 1. The van der Waals surface area contributed by atoms with Gasteiger partial charge in [-0.1, -0.05) is 53.9 Å². The van der Waals surface area contributed by atoms with E-state index in [1.54, 1.807) is 30.3 Å². The molecule has 0 saturated heterocycles. The van der Waals surface area contributed by atoms with Crippen LogP contribution < -0.4 is 10.7 Å². The van der Waals surface area contributed by atoms with Gasteiger partial charge in [-0.2, -0.15) is 5.10 Å². The van der Waals surface area contributed by atoms with Crippen LogP contribution in [-0.4, -0.2) is 17.5 Å². The zero-order chi connectivity index (χ0) is 18.4. The van der Waals surface area contributed by atoms with E-state index in [-0.39, 0.29) is 0 Å². The summed E-state index contributed by atoms with van der Waals surface area (Å²) >= 11 is 12.0. The van der Waals surface area contributed by atoms with E-state index in [4.69, 9.17) is 23.2 Å². The molecule has 0 atom stereocenters. The summed E-state index contributed by atoms with van der Waals surface area (Å²) in [5, 5.41) is 7.44. The van der Waals surface area contributed by atoms with Crippen molar-refractivity contribution >= 4 is 46.4 Å². The first kappa shape index (κ1) is 19.0. The van der Waals surface area contributed by atoms with Gasteiger partial charge in [-0.3, -0.25) is 9.59 Å². The van der Waals surface area contributed by atoms with Gasteiger partial charge in [0.15, 0.2) is 0 Å². The number of rotatable bonds is 4. The highest BCUT2D eigenvalue weighted by atomic mass is 35.5. The van der Waals surface area contributed by atoms with Gasteiger partial charge in [0.05, 0.1) is 10.7 Å². The summed E-state index contributed by atoms with van der Waals surface area (Å²) in [4.78, 5) is 23.8. The van der Waals surface area contributed by atoms with Gasteiger partial charge in [-0.15, -0.1) is 0 Å². The Bertz CT molecular complexity index is 818. The molecular weight excluding hydrogens is 361 g/mol. The number of hydrazone groups is 1. The number of carbonyl (C=O) groups is 2. The molecule has 0 aliphatic heterocycles. The molecule has 2 aromatic carbocycles. The van der Waals surface area contributed by atoms with Crippen molar-refractivity contribution in [3.63, 3.8) is 0 Å². The van der Waals surface area contributed by atoms with E-state index in [0.29, 0.717) is 33.4 Å². The van der Waals surface area contributed by atoms with Crippen LogP contribution >= 0.6 is 23.2 Å². The maximum absolute atomic E-state index is 11.9. The number of aryl methyl sites for hydroxylation is 1. The number of hydrogen-bond acceptors (Lipinski definition) is 3. The van der Waals surface area contributed by atoms with E-state index in [1.165, 1.54) is 0 Å². The molecule has 0 aromatic heterocycles. The number of nitrogens with one attached hydrogen (secondary N) is 2. The molecule has 0 aliphatic carbocycles. The predicted molar refractivity (Wildman–Crippen MR) is 101 cm³/mol. The third-order valence-corrected chi connectivity index (χ3v) is 3.93. The van der Waals surface area contributed by atoms with E-state index in [9.17, 15) is 9.59 Å². The first-order valence-corrected chi connectivity index (χ1v) is 8.36. The average Bonchev–Trinajstić information content (AvgIpc) is 2.58. The van der Waals surface area contributed by atoms with Gasteiger partial charge in [0.2, 0.25) is 0 Å². The van der Waals surface area contributed by atoms with Gasteiger partial charge in [0.25, 0.3) is 0 Å². The molecule has 0 aliphatic rings. The summed E-state index contributed by atoms with van der Waals surface area (Å²) in [5.41, 5.74) is 5.03. The second-order valence-corrected chi connectivity index (χ2v) is 6.14. The lowest BCUT2D eigenvalue weighted by Crippen LogP contribution is -2.33. The van der Waals surface area contributed by atoms with Crippen LogP contribution in [-0.2, 0) is 9.59 Å². The zero-order valence-corrected chi connectivity index (χ0v) is 15.3. The highest BCUT2D eigenvalue weighted by Crippen LogP contribution is 2.22. The van der Waals surface area contributed by atoms with Crippen LogP contribution in [0, 0.1) is 6.92 Å². The van der Waals surface area contributed by atoms with Crippen LogP contribution in [0.3, 0.4) is 0 Å². The van der Waals surface area contributed by atoms with E-state index >= 15 is 0 Å². The molecule has 0 saturated carbocycles. The van der Waals surface area contributed by atoms with E-state index in [2.05, 4.69) is 15.8 Å². The van der Waals surface area contributed by atoms with Crippen LogP contribution in [0.25, 0.3) is 0 Å². The van der Waals surface area contributed by atoms with Gasteiger partial charge in [-0.25, -0.2) is 5.43 Å². The van der Waals surface area contributed by atoms with Crippen molar-refractivity contribution in [2.45, 2.75) is 20.3 Å². The number of hydrogen-bond donors (Lipinski definition) is 2. The molecule has 7 heteroatoms. The van der Waals surface area contributed by atoms with Gasteiger partial charge in [-0.05, 0) is 37.6 Å². The fourth-order valence-electron chi connectivity index (χ4n) is 2.05. The molecule has 130 valence electrons. The Hall–Kier alpha value is -2.37. The van der Waals surface area contributed by atoms with Crippen molar-refractivity contribution < 1.29 is 9.59 Å². The van der Waals surface area contributed by atoms with Gasteiger partial charge < -0.3 is 5.32 Å². The smallest absolute Gasteiger partial charge is 0.318 e. The fraction of sp³-hybridized carbons (Fsp3) is 0.167. The maximum Gasteiger partial charge on any atom is 0.329 e. The second kappa shape index (κ2) is 8.65. The van der Waals surface area contributed by atoms with Gasteiger partial charge in [0, 0.05) is 16.3 Å². The number of halogens is 2. The topological polar surface area (TPSA) is 70.6 Å². The highest BCUT2D eigenvalue weighted by molar-refractivity contribution is 6.40. The fourth-order valence-corrected chi connectivity index (χ4v) is 2.56. The molecule has 25 heavy (non-hydrogen) atoms. The quantitative estimate of drug-likeness (QED) is 0.476. The van der Waals surface area contributed by atoms with Crippen molar-refractivity contribution in [1.82, 2.24) is 5.43 Å². The molecule has 0 radical (unpaired) electrons. The van der Waals surface area contributed by atoms with Crippen molar-refractivity contribution in [2.75, 3.05) is 5.32 Å². The Labute approximate surface area is 156 Å². The second-order valence-electron chi connectivity index (χ2n) is 5.30. The van der Waals surface area contributed by atoms with E-state index < -0.39 is 11.8 Å². The SMILES string of the molecule is CC/C(=N/NC(=O)C(=O)Nc1ccc(C)cc1)c1ccc(Cl)cc1Cl. The molecule has 0 spiro atoms. The maximum atomic E-state index is 11.9. The van der Waals surface area contributed by atoms with Crippen LogP contribution in [0.1, 0.15) is 24.5 Å². The normalized spacial score (nSPS) is 11.1. The lowest BCUT2D eigenvalue weighted by Gasteiger charge is -2.08. The standard InChI is InChI=1S/C18H17Cl2N3O2/c1-3-16(14-9-6-12(19)10-15(14)20)22-23-18(25)17(24)21-13-7-4-11(2)5-8-13/h4-10H,3H2,1-2H3,(H,21,24)(H,23,25)/b22-16-. The minimum absolute atomic E-state index is 0.423. The number of carbonyl (C=O) groups excluding carboxylic acids is 2. The molecule has 2 rings (SSSR count). The van der Waals surface area contributed by atoms with Crippen molar-refractivity contribution in [3.8, 4) is 0 Å². The first-order valence-electron chi connectivity index (χ1n) is 7.60. The zero-order valence-electron chi connectivity index (χ0n) is 13.8. The third-order valence-electron chi connectivity index (χ3n) is 3.38. The predicted octanol–water partition coefficient (Wildman–Crippen LogP) is 4.17. The Morgan fingerprint density at radius 1 is 1.04 bits per heavy atom. The van der Waals surface area contributed by atoms with Crippen molar-refractivity contribution in [1.29, 1.82) is 0 Å². The number of amides is 2. The Balaban J connectivity index is 2.06. The molecule has 2 amide bonds. The summed E-state index contributed by atoms with van der Waals surface area (Å²) in [6, 6.07) is 12.1. The van der Waals surface area contributed by atoms with Gasteiger partial charge >= 0.3 is 11.8 Å². The first-order chi connectivity index (χ1) is 11.9. The lowest BCUT2D eigenvalue weighted by atomic mass is 10.1. The number of benzene rings is 2. The monoisotopic (exact) mass is 377 g/mol. The largest absolute Gasteiger partial charge is 0.329 e. The van der Waals surface area contributed by atoms with Crippen molar-refractivity contribution in [2.24, 2.45) is 5.10 Å². The van der Waals surface area contributed by atoms with Gasteiger partial charge in [0.1, 0.15) is 0 Å². The molecule has 0 bridgehead atoms. The Kier molecular flexibility index (Phi) is 6.56. The molecule has 0 heterocycles. The third kappa shape index (κ3) is 5.31. The summed E-state index contributed by atoms with van der Waals surface area (Å²) in [6.07, 6.45) is 0.515. The van der Waals surface area contributed by atoms with Crippen molar-refractivity contribution in [3.05, 3.63) is 63.6 Å². The van der Waals surface area contributed by atoms with Crippen LogP contribution in [0.5, 0.6) is 0 Å². The van der Waals surface area contributed by atoms with Crippen LogP contribution in [0.4, 0.5) is 5.69 Å². The molecule has 2 aromatic rings.